The summed E-state index contributed by atoms with van der Waals surface area (Å²) in [5.74, 6) is -0.187. The van der Waals surface area contributed by atoms with Crippen molar-refractivity contribution < 1.29 is 19.1 Å². The van der Waals surface area contributed by atoms with Crippen molar-refractivity contribution in [3.63, 3.8) is 0 Å². The first kappa shape index (κ1) is 30.3. The van der Waals surface area contributed by atoms with Crippen LogP contribution in [0.2, 0.25) is 5.02 Å². The summed E-state index contributed by atoms with van der Waals surface area (Å²) in [6.07, 6.45) is 1.44. The van der Waals surface area contributed by atoms with Gasteiger partial charge >= 0.3 is 0 Å². The second-order valence-corrected chi connectivity index (χ2v) is 10.8. The molecule has 9 nitrogen and oxygen atoms in total. The molecule has 11 heteroatoms. The lowest BCUT2D eigenvalue weighted by molar-refractivity contribution is -0.118. The number of carbonyl (C=O) groups is 2. The third-order valence-electron chi connectivity index (χ3n) is 6.25. The van der Waals surface area contributed by atoms with Gasteiger partial charge in [-0.25, -0.2) is 10.4 Å². The summed E-state index contributed by atoms with van der Waals surface area (Å²) in [6, 6.07) is 27.6. The number of aryl methyl sites for hydroxylation is 1. The molecule has 5 rings (SSSR count). The topological polar surface area (TPSA) is 114 Å². The van der Waals surface area contributed by atoms with E-state index in [0.29, 0.717) is 22.6 Å². The molecule has 0 spiro atoms. The number of para-hydroxylation sites is 1. The van der Waals surface area contributed by atoms with Crippen LogP contribution in [-0.2, 0) is 4.79 Å². The van der Waals surface area contributed by atoms with Gasteiger partial charge in [0.25, 0.3) is 11.8 Å². The number of nitrogens with zero attached hydrogens (tertiary/aromatic N) is 2. The number of hydrogen-bond acceptors (Lipinski definition) is 8. The molecule has 1 aromatic heterocycles. The predicted molar refractivity (Wildman–Crippen MR) is 176 cm³/mol. The zero-order valence-electron chi connectivity index (χ0n) is 23.8. The Kier molecular flexibility index (Phi) is 9.85. The number of nitrogens with one attached hydrogen (secondary N) is 3. The van der Waals surface area contributed by atoms with Crippen LogP contribution in [0.1, 0.15) is 21.5 Å². The molecule has 0 saturated heterocycles. The number of methoxy groups -OCH3 is 1. The molecule has 4 aromatic carbocycles. The van der Waals surface area contributed by atoms with Gasteiger partial charge in [-0.05, 0) is 66.6 Å². The second-order valence-electron chi connectivity index (χ2n) is 9.55. The van der Waals surface area contributed by atoms with Gasteiger partial charge in [-0.15, -0.1) is 11.3 Å². The fraction of sp³-hybridized carbons (Fsp3) is 0.0909. The number of amides is 2. The largest absolute Gasteiger partial charge is 0.493 e. The van der Waals surface area contributed by atoms with E-state index in [1.54, 1.807) is 30.3 Å². The van der Waals surface area contributed by atoms with Gasteiger partial charge in [-0.3, -0.25) is 9.59 Å². The molecule has 0 aliphatic carbocycles. The van der Waals surface area contributed by atoms with Crippen molar-refractivity contribution in [2.24, 2.45) is 5.10 Å². The van der Waals surface area contributed by atoms with Crippen molar-refractivity contribution in [3.05, 3.63) is 118 Å². The van der Waals surface area contributed by atoms with E-state index in [2.05, 4.69) is 26.1 Å². The lowest BCUT2D eigenvalue weighted by atomic mass is 10.1. The SMILES string of the molecule is COc1cc(/C=N/NC(=O)c2ccc(-c3csc(Nc4ccccc4)n3)cc2)cc(Cl)c1OCC(=O)Nc1cccc(C)c1. The second kappa shape index (κ2) is 14.3. The zero-order valence-corrected chi connectivity index (χ0v) is 25.4. The van der Waals surface area contributed by atoms with Crippen LogP contribution in [0.4, 0.5) is 16.5 Å². The van der Waals surface area contributed by atoms with Gasteiger partial charge in [0, 0.05) is 27.9 Å². The Balaban J connectivity index is 1.16. The zero-order chi connectivity index (χ0) is 30.9. The van der Waals surface area contributed by atoms with Crippen LogP contribution >= 0.6 is 22.9 Å². The molecule has 0 saturated carbocycles. The van der Waals surface area contributed by atoms with E-state index in [1.165, 1.54) is 24.7 Å². The highest BCUT2D eigenvalue weighted by molar-refractivity contribution is 7.14. The molecule has 1 heterocycles. The van der Waals surface area contributed by atoms with Gasteiger partial charge in [-0.2, -0.15) is 5.10 Å². The van der Waals surface area contributed by atoms with E-state index < -0.39 is 0 Å². The number of halogens is 1. The average Bonchev–Trinajstić information content (AvgIpc) is 3.49. The summed E-state index contributed by atoms with van der Waals surface area (Å²) in [4.78, 5) is 29.7. The molecule has 0 aliphatic heterocycles. The van der Waals surface area contributed by atoms with Crippen molar-refractivity contribution in [2.45, 2.75) is 6.92 Å². The third kappa shape index (κ3) is 8.00. The number of hydrazone groups is 1. The van der Waals surface area contributed by atoms with Gasteiger partial charge in [0.15, 0.2) is 23.2 Å². The smallest absolute Gasteiger partial charge is 0.271 e. The van der Waals surface area contributed by atoms with Gasteiger partial charge in [0.05, 0.1) is 24.0 Å². The van der Waals surface area contributed by atoms with Crippen LogP contribution in [0.3, 0.4) is 0 Å². The van der Waals surface area contributed by atoms with Gasteiger partial charge in [-0.1, -0.05) is 54.1 Å². The first-order chi connectivity index (χ1) is 21.4. The van der Waals surface area contributed by atoms with E-state index in [9.17, 15) is 9.59 Å². The number of aromatic nitrogens is 1. The van der Waals surface area contributed by atoms with E-state index >= 15 is 0 Å². The van der Waals surface area contributed by atoms with Crippen LogP contribution in [0, 0.1) is 6.92 Å². The summed E-state index contributed by atoms with van der Waals surface area (Å²) in [5, 5.41) is 13.1. The Bertz CT molecular complexity index is 1790. The highest BCUT2D eigenvalue weighted by Crippen LogP contribution is 2.36. The molecule has 44 heavy (non-hydrogen) atoms. The maximum atomic E-state index is 12.7. The first-order valence-electron chi connectivity index (χ1n) is 13.5. The Morgan fingerprint density at radius 1 is 0.977 bits per heavy atom. The lowest BCUT2D eigenvalue weighted by Gasteiger charge is -2.13. The monoisotopic (exact) mass is 625 g/mol. The molecule has 0 unspecified atom stereocenters. The van der Waals surface area contributed by atoms with Crippen molar-refractivity contribution in [2.75, 3.05) is 24.4 Å². The normalized spacial score (nSPS) is 10.8. The summed E-state index contributed by atoms with van der Waals surface area (Å²) in [6.45, 7) is 1.68. The molecular weight excluding hydrogens is 598 g/mol. The Morgan fingerprint density at radius 2 is 1.75 bits per heavy atom. The standard InChI is InChI=1S/C33H28ClN5O4S/c1-21-7-6-10-26(15-21)36-30(40)19-43-31-27(34)16-22(17-29(31)42-2)18-35-39-32(41)24-13-11-23(12-14-24)28-20-44-33(38-28)37-25-8-4-3-5-9-25/h3-18,20H,19H2,1-2H3,(H,36,40)(H,37,38)(H,39,41)/b35-18+. The number of benzene rings is 4. The molecule has 5 aromatic rings. The van der Waals surface area contributed by atoms with Crippen molar-refractivity contribution in [1.82, 2.24) is 10.4 Å². The van der Waals surface area contributed by atoms with Crippen molar-refractivity contribution in [1.29, 1.82) is 0 Å². The van der Waals surface area contributed by atoms with Crippen LogP contribution < -0.4 is 25.5 Å². The lowest BCUT2D eigenvalue weighted by Crippen LogP contribution is -2.20. The maximum Gasteiger partial charge on any atom is 0.271 e. The van der Waals surface area contributed by atoms with E-state index in [1.807, 2.05) is 73.0 Å². The molecule has 0 radical (unpaired) electrons. The van der Waals surface area contributed by atoms with E-state index in [4.69, 9.17) is 21.1 Å². The predicted octanol–water partition coefficient (Wildman–Crippen LogP) is 7.31. The van der Waals surface area contributed by atoms with E-state index in [0.717, 1.165) is 27.6 Å². The summed E-state index contributed by atoms with van der Waals surface area (Å²) in [7, 11) is 1.46. The Morgan fingerprint density at radius 3 is 2.50 bits per heavy atom. The molecule has 0 bridgehead atoms. The first-order valence-corrected chi connectivity index (χ1v) is 14.7. The maximum absolute atomic E-state index is 12.7. The number of thiazole rings is 1. The third-order valence-corrected chi connectivity index (χ3v) is 7.29. The van der Waals surface area contributed by atoms with Crippen LogP contribution in [-0.4, -0.2) is 36.7 Å². The molecule has 0 fully saturated rings. The summed E-state index contributed by atoms with van der Waals surface area (Å²) < 4.78 is 11.1. The van der Waals surface area contributed by atoms with Crippen LogP contribution in [0.25, 0.3) is 11.3 Å². The molecule has 2 amide bonds. The fourth-order valence-corrected chi connectivity index (χ4v) is 5.16. The van der Waals surface area contributed by atoms with Gasteiger partial charge in [0.2, 0.25) is 0 Å². The van der Waals surface area contributed by atoms with Gasteiger partial charge in [0.1, 0.15) is 0 Å². The number of carbonyl (C=O) groups excluding carboxylic acids is 2. The number of ether oxygens (including phenoxy) is 2. The van der Waals surface area contributed by atoms with E-state index in [-0.39, 0.29) is 29.2 Å². The molecule has 222 valence electrons. The Labute approximate surface area is 263 Å². The molecule has 0 atom stereocenters. The minimum Gasteiger partial charge on any atom is -0.493 e. The average molecular weight is 626 g/mol. The fourth-order valence-electron chi connectivity index (χ4n) is 4.14. The number of rotatable bonds is 11. The molecule has 0 aliphatic rings. The van der Waals surface area contributed by atoms with Crippen LogP contribution in [0.5, 0.6) is 11.5 Å². The Hall–Kier alpha value is -5.19. The highest BCUT2D eigenvalue weighted by Gasteiger charge is 2.14. The van der Waals surface area contributed by atoms with Crippen LogP contribution in [0.15, 0.2) is 101 Å². The summed E-state index contributed by atoms with van der Waals surface area (Å²) >= 11 is 7.93. The van der Waals surface area contributed by atoms with Crippen molar-refractivity contribution in [3.8, 4) is 22.8 Å². The number of hydrogen-bond donors (Lipinski definition) is 3. The minimum atomic E-state index is -0.379. The van der Waals surface area contributed by atoms with Crippen molar-refractivity contribution >= 4 is 57.5 Å². The highest BCUT2D eigenvalue weighted by atomic mass is 35.5. The number of anilines is 3. The van der Waals surface area contributed by atoms with Gasteiger partial charge < -0.3 is 20.1 Å². The summed E-state index contributed by atoms with van der Waals surface area (Å²) in [5.41, 5.74) is 7.87. The minimum absolute atomic E-state index is 0.220. The molecular formula is C33H28ClN5O4S. The quantitative estimate of drug-likeness (QED) is 0.105. The molecule has 3 N–H and O–H groups in total.